The van der Waals surface area contributed by atoms with Crippen LogP contribution in [0.15, 0.2) is 78.6 Å². The molecule has 0 atom stereocenters. The average molecular weight is 384 g/mol. The van der Waals surface area contributed by atoms with Crippen molar-refractivity contribution in [3.05, 3.63) is 101 Å². The molecule has 0 bridgehead atoms. The van der Waals surface area contributed by atoms with Gasteiger partial charge in [-0.1, -0.05) is 61.5 Å². The highest BCUT2D eigenvalue weighted by Gasteiger charge is 2.27. The van der Waals surface area contributed by atoms with Gasteiger partial charge in [-0.3, -0.25) is 9.59 Å². The fourth-order valence-electron chi connectivity index (χ4n) is 3.11. The van der Waals surface area contributed by atoms with Gasteiger partial charge in [-0.05, 0) is 35.8 Å². The van der Waals surface area contributed by atoms with E-state index in [1.807, 2.05) is 42.5 Å². The zero-order valence-corrected chi connectivity index (χ0v) is 16.1. The molecule has 0 aliphatic carbocycles. The number of rotatable bonds is 6. The van der Waals surface area contributed by atoms with Crippen LogP contribution in [-0.2, 0) is 6.42 Å². The van der Waals surface area contributed by atoms with Crippen molar-refractivity contribution in [2.24, 2.45) is 0 Å². The smallest absolute Gasteiger partial charge is 0.231 e. The number of hydrogen-bond acceptors (Lipinski definition) is 4. The molecule has 3 aromatic carbocycles. The number of ether oxygens (including phenoxy) is 2. The molecule has 0 unspecified atom stereocenters. The summed E-state index contributed by atoms with van der Waals surface area (Å²) in [6, 6.07) is 22.0. The van der Waals surface area contributed by atoms with Crippen molar-refractivity contribution >= 4 is 17.6 Å². The van der Waals surface area contributed by atoms with Crippen LogP contribution >= 0.6 is 0 Å². The average Bonchev–Trinajstić information content (AvgIpc) is 3.07. The zero-order chi connectivity index (χ0) is 20.2. The van der Waals surface area contributed by atoms with Gasteiger partial charge in [-0.15, -0.1) is 0 Å². The molecule has 1 aliphatic rings. The number of aryl methyl sites for hydroxylation is 1. The number of fused-ring (bicyclic) bond motifs is 1. The van der Waals surface area contributed by atoms with E-state index in [1.165, 1.54) is 5.56 Å². The van der Waals surface area contributed by atoms with Crippen molar-refractivity contribution in [2.45, 2.75) is 13.3 Å². The van der Waals surface area contributed by atoms with Crippen molar-refractivity contribution in [1.29, 1.82) is 0 Å². The molecular formula is C25H20O4. The van der Waals surface area contributed by atoms with Gasteiger partial charge in [0.1, 0.15) is 11.5 Å². The summed E-state index contributed by atoms with van der Waals surface area (Å²) in [5.41, 5.74) is 3.23. The van der Waals surface area contributed by atoms with E-state index in [9.17, 15) is 9.59 Å². The third-order valence-corrected chi connectivity index (χ3v) is 4.79. The molecule has 29 heavy (non-hydrogen) atoms. The highest BCUT2D eigenvalue weighted by Crippen LogP contribution is 2.35. The van der Waals surface area contributed by atoms with Crippen molar-refractivity contribution in [3.8, 4) is 11.5 Å². The molecule has 0 N–H and O–H groups in total. The molecule has 0 fully saturated rings. The Morgan fingerprint density at radius 1 is 1.00 bits per heavy atom. The molecule has 0 saturated carbocycles. The summed E-state index contributed by atoms with van der Waals surface area (Å²) >= 11 is 0. The van der Waals surface area contributed by atoms with Crippen molar-refractivity contribution in [3.63, 3.8) is 0 Å². The van der Waals surface area contributed by atoms with Gasteiger partial charge in [0.2, 0.25) is 5.78 Å². The minimum atomic E-state index is -0.161. The van der Waals surface area contributed by atoms with Gasteiger partial charge in [0.15, 0.2) is 18.1 Å². The van der Waals surface area contributed by atoms with Crippen molar-refractivity contribution in [1.82, 2.24) is 0 Å². The Labute approximate surface area is 169 Å². The van der Waals surface area contributed by atoms with Gasteiger partial charge < -0.3 is 9.47 Å². The van der Waals surface area contributed by atoms with Gasteiger partial charge >= 0.3 is 0 Å². The van der Waals surface area contributed by atoms with Gasteiger partial charge in [-0.2, -0.15) is 0 Å². The normalized spacial score (nSPS) is 13.8. The minimum absolute atomic E-state index is 0.0801. The van der Waals surface area contributed by atoms with Crippen LogP contribution in [0.25, 0.3) is 6.08 Å². The Balaban J connectivity index is 1.46. The molecule has 0 radical (unpaired) electrons. The maximum absolute atomic E-state index is 12.6. The summed E-state index contributed by atoms with van der Waals surface area (Å²) in [4.78, 5) is 24.8. The summed E-state index contributed by atoms with van der Waals surface area (Å²) in [6.45, 7) is 2.02. The maximum atomic E-state index is 12.6. The highest BCUT2D eigenvalue weighted by atomic mass is 16.5. The highest BCUT2D eigenvalue weighted by molar-refractivity contribution is 6.14. The first kappa shape index (κ1) is 18.7. The largest absolute Gasteiger partial charge is 0.485 e. The lowest BCUT2D eigenvalue weighted by molar-refractivity contribution is 0.0921. The van der Waals surface area contributed by atoms with E-state index in [0.717, 1.165) is 12.0 Å². The number of allylic oxidation sites excluding steroid dienone is 1. The summed E-state index contributed by atoms with van der Waals surface area (Å²) in [7, 11) is 0. The number of Topliss-reactive ketones (excluding diaryl/α,β-unsaturated/α-hetero) is 2. The van der Waals surface area contributed by atoms with Crippen molar-refractivity contribution < 1.29 is 19.1 Å². The monoisotopic (exact) mass is 384 g/mol. The van der Waals surface area contributed by atoms with E-state index < -0.39 is 0 Å². The predicted molar refractivity (Wildman–Crippen MR) is 111 cm³/mol. The Kier molecular flexibility index (Phi) is 5.25. The zero-order valence-electron chi connectivity index (χ0n) is 16.1. The topological polar surface area (TPSA) is 52.6 Å². The maximum Gasteiger partial charge on any atom is 0.231 e. The summed E-state index contributed by atoms with van der Waals surface area (Å²) in [6.07, 6.45) is 2.70. The summed E-state index contributed by atoms with van der Waals surface area (Å²) < 4.78 is 11.4. The van der Waals surface area contributed by atoms with Crippen LogP contribution in [0.4, 0.5) is 0 Å². The number of carbonyl (C=O) groups excluding carboxylic acids is 2. The second-order valence-electron chi connectivity index (χ2n) is 6.77. The van der Waals surface area contributed by atoms with Gasteiger partial charge in [0.25, 0.3) is 0 Å². The summed E-state index contributed by atoms with van der Waals surface area (Å²) in [5, 5.41) is 0. The molecule has 0 spiro atoms. The van der Waals surface area contributed by atoms with Crippen LogP contribution < -0.4 is 9.47 Å². The van der Waals surface area contributed by atoms with Crippen LogP contribution in [0.3, 0.4) is 0 Å². The Hall–Kier alpha value is -3.66. The quantitative estimate of drug-likeness (QED) is 0.437. The molecule has 1 heterocycles. The van der Waals surface area contributed by atoms with E-state index in [1.54, 1.807) is 36.4 Å². The Morgan fingerprint density at radius 2 is 1.76 bits per heavy atom. The third-order valence-electron chi connectivity index (χ3n) is 4.79. The van der Waals surface area contributed by atoms with Gasteiger partial charge in [0.05, 0.1) is 5.56 Å². The van der Waals surface area contributed by atoms with Gasteiger partial charge in [0, 0.05) is 11.6 Å². The first-order chi connectivity index (χ1) is 14.1. The molecule has 4 rings (SSSR count). The van der Waals surface area contributed by atoms with E-state index >= 15 is 0 Å². The predicted octanol–water partition coefficient (Wildman–Crippen LogP) is 5.13. The molecule has 0 amide bonds. The Bertz CT molecular complexity index is 1080. The van der Waals surface area contributed by atoms with Gasteiger partial charge in [-0.25, -0.2) is 0 Å². The first-order valence-corrected chi connectivity index (χ1v) is 9.52. The molecule has 0 aromatic heterocycles. The molecule has 0 saturated heterocycles. The molecule has 4 heteroatoms. The molecular weight excluding hydrogens is 364 g/mol. The SMILES string of the molecule is CCc1ccc(/C=C2/Oc3cc(OCC(=O)c4ccccc4)ccc3C2=O)cc1. The van der Waals surface area contributed by atoms with Crippen LogP contribution in [0.1, 0.15) is 38.8 Å². The first-order valence-electron chi connectivity index (χ1n) is 9.52. The molecule has 3 aromatic rings. The standard InChI is InChI=1S/C25H20O4/c1-2-17-8-10-18(11-9-17)14-24-25(27)21-13-12-20(15-23(21)29-24)28-16-22(26)19-6-4-3-5-7-19/h3-15H,2,16H2,1H3/b24-14+. The number of hydrogen-bond donors (Lipinski definition) is 0. The van der Waals surface area contributed by atoms with Crippen LogP contribution in [0.2, 0.25) is 0 Å². The van der Waals surface area contributed by atoms with Crippen LogP contribution in [-0.4, -0.2) is 18.2 Å². The lowest BCUT2D eigenvalue weighted by Gasteiger charge is -2.06. The van der Waals surface area contributed by atoms with E-state index in [4.69, 9.17) is 9.47 Å². The minimum Gasteiger partial charge on any atom is -0.485 e. The Morgan fingerprint density at radius 3 is 2.48 bits per heavy atom. The lowest BCUT2D eigenvalue weighted by Crippen LogP contribution is -2.11. The second-order valence-corrected chi connectivity index (χ2v) is 6.77. The third kappa shape index (κ3) is 4.11. The molecule has 1 aliphatic heterocycles. The number of carbonyl (C=O) groups is 2. The fraction of sp³-hybridized carbons (Fsp3) is 0.120. The van der Waals surface area contributed by atoms with E-state index in [2.05, 4.69) is 6.92 Å². The number of ketones is 2. The van der Waals surface area contributed by atoms with E-state index in [-0.39, 0.29) is 23.9 Å². The second kappa shape index (κ2) is 8.15. The van der Waals surface area contributed by atoms with Crippen LogP contribution in [0, 0.1) is 0 Å². The lowest BCUT2D eigenvalue weighted by atomic mass is 10.1. The molecule has 4 nitrogen and oxygen atoms in total. The van der Waals surface area contributed by atoms with Crippen LogP contribution in [0.5, 0.6) is 11.5 Å². The number of benzene rings is 3. The fourth-order valence-corrected chi connectivity index (χ4v) is 3.11. The van der Waals surface area contributed by atoms with E-state index in [0.29, 0.717) is 22.6 Å². The van der Waals surface area contributed by atoms with Crippen molar-refractivity contribution in [2.75, 3.05) is 6.61 Å². The molecule has 144 valence electrons. The summed E-state index contributed by atoms with van der Waals surface area (Å²) in [5.74, 6) is 0.929.